The van der Waals surface area contributed by atoms with Gasteiger partial charge in [-0.3, -0.25) is 0 Å². The maximum Gasteiger partial charge on any atom is 0.180 e. The number of nitrogens with zero attached hydrogens (tertiary/aromatic N) is 1. The highest BCUT2D eigenvalue weighted by molar-refractivity contribution is 5.61. The van der Waals surface area contributed by atoms with Gasteiger partial charge in [0.05, 0.1) is 0 Å². The van der Waals surface area contributed by atoms with Crippen LogP contribution >= 0.6 is 0 Å². The molecular weight excluding hydrogens is 162 g/mol. The molecule has 13 heavy (non-hydrogen) atoms. The second-order valence-corrected chi connectivity index (χ2v) is 2.74. The lowest BCUT2D eigenvalue weighted by atomic mass is 10.1. The Labute approximate surface area is 76.7 Å². The van der Waals surface area contributed by atoms with E-state index >= 15 is 0 Å². The van der Waals surface area contributed by atoms with Crippen LogP contribution in [-0.2, 0) is 0 Å². The van der Waals surface area contributed by atoms with Gasteiger partial charge in [-0.1, -0.05) is 24.3 Å². The summed E-state index contributed by atoms with van der Waals surface area (Å²) in [4.78, 5) is 0. The summed E-state index contributed by atoms with van der Waals surface area (Å²) >= 11 is 0. The van der Waals surface area contributed by atoms with E-state index in [4.69, 9.17) is 0 Å². The third-order valence-corrected chi connectivity index (χ3v) is 1.85. The Kier molecular flexibility index (Phi) is 1.96. The van der Waals surface area contributed by atoms with E-state index in [1.807, 2.05) is 24.3 Å². The number of aromatic nitrogens is 1. The van der Waals surface area contributed by atoms with E-state index in [9.17, 15) is 5.21 Å². The third-order valence-electron chi connectivity index (χ3n) is 1.85. The van der Waals surface area contributed by atoms with Crippen molar-refractivity contribution in [3.63, 3.8) is 0 Å². The van der Waals surface area contributed by atoms with Crippen molar-refractivity contribution >= 4 is 0 Å². The van der Waals surface area contributed by atoms with Crippen LogP contribution < -0.4 is 4.73 Å². The first-order valence-corrected chi connectivity index (χ1v) is 4.01. The van der Waals surface area contributed by atoms with Gasteiger partial charge in [-0.25, -0.2) is 0 Å². The summed E-state index contributed by atoms with van der Waals surface area (Å²) in [6.07, 6.45) is 2.98. The fraction of sp³-hybridized carbons (Fsp3) is 0. The van der Waals surface area contributed by atoms with Crippen LogP contribution in [0.4, 0.5) is 0 Å². The molecule has 2 nitrogen and oxygen atoms in total. The van der Waals surface area contributed by atoms with Crippen molar-refractivity contribution < 1.29 is 4.73 Å². The maximum atomic E-state index is 10.8. The maximum absolute atomic E-state index is 10.8. The molecule has 0 N–H and O–H groups in total. The minimum absolute atomic E-state index is 0.776. The Balaban J connectivity index is 2.42. The Bertz CT molecular complexity index is 381. The molecule has 1 aromatic carbocycles. The molecule has 0 aliphatic rings. The van der Waals surface area contributed by atoms with E-state index in [0.29, 0.717) is 0 Å². The highest BCUT2D eigenvalue weighted by Crippen LogP contribution is 2.15. The normalized spacial score (nSPS) is 9.85. The molecule has 0 saturated carbocycles. The third kappa shape index (κ3) is 1.67. The van der Waals surface area contributed by atoms with E-state index in [1.165, 1.54) is 12.4 Å². The Morgan fingerprint density at radius 1 is 0.923 bits per heavy atom. The average Bonchev–Trinajstić information content (AvgIpc) is 2.20. The first kappa shape index (κ1) is 7.80. The van der Waals surface area contributed by atoms with Crippen LogP contribution in [0.3, 0.4) is 0 Å². The number of hydrogen-bond donors (Lipinski definition) is 0. The van der Waals surface area contributed by atoms with Gasteiger partial charge in [-0.15, -0.1) is 0 Å². The van der Waals surface area contributed by atoms with Crippen LogP contribution in [0.2, 0.25) is 0 Å². The minimum Gasteiger partial charge on any atom is -0.619 e. The standard InChI is InChI=1S/C11H8NO/c13-12-8-6-11(7-9-12)10-4-2-1-3-5-10/h2-9H. The predicted molar refractivity (Wildman–Crippen MR) is 49.7 cm³/mol. The topological polar surface area (TPSA) is 26.9 Å². The summed E-state index contributed by atoms with van der Waals surface area (Å²) in [6.45, 7) is 0. The highest BCUT2D eigenvalue weighted by Gasteiger charge is 1.96. The molecule has 0 saturated heterocycles. The zero-order chi connectivity index (χ0) is 9.10. The molecule has 2 rings (SSSR count). The summed E-state index contributed by atoms with van der Waals surface area (Å²) in [5.41, 5.74) is 2.14. The predicted octanol–water partition coefficient (Wildman–Crippen LogP) is 1.79. The largest absolute Gasteiger partial charge is 0.619 e. The van der Waals surface area contributed by atoms with Crippen molar-refractivity contribution in [2.24, 2.45) is 0 Å². The highest BCUT2D eigenvalue weighted by atomic mass is 16.5. The van der Waals surface area contributed by atoms with Crippen LogP contribution in [0.15, 0.2) is 48.8 Å². The monoisotopic (exact) mass is 170 g/mol. The summed E-state index contributed by atoms with van der Waals surface area (Å²) in [7, 11) is 0. The van der Waals surface area contributed by atoms with Crippen molar-refractivity contribution in [1.29, 1.82) is 0 Å². The summed E-state index contributed by atoms with van der Waals surface area (Å²) in [5, 5.41) is 10.8. The zero-order valence-corrected chi connectivity index (χ0v) is 6.97. The molecule has 0 spiro atoms. The van der Waals surface area contributed by atoms with Crippen molar-refractivity contribution in [2.45, 2.75) is 0 Å². The fourth-order valence-electron chi connectivity index (χ4n) is 1.18. The first-order valence-electron chi connectivity index (χ1n) is 4.01. The van der Waals surface area contributed by atoms with Gasteiger partial charge in [-0.2, -0.15) is 4.73 Å². The molecule has 1 radical (unpaired) electrons. The number of rotatable bonds is 1. The quantitative estimate of drug-likeness (QED) is 0.473. The molecule has 0 amide bonds. The van der Waals surface area contributed by atoms with Gasteiger partial charge in [-0.05, 0) is 17.2 Å². The lowest BCUT2D eigenvalue weighted by Crippen LogP contribution is -2.23. The Morgan fingerprint density at radius 2 is 1.46 bits per heavy atom. The molecular formula is C11H8NO. The average molecular weight is 170 g/mol. The van der Waals surface area contributed by atoms with Gasteiger partial charge in [0, 0.05) is 12.1 Å². The van der Waals surface area contributed by atoms with Gasteiger partial charge in [0.2, 0.25) is 0 Å². The molecule has 0 fully saturated rings. The zero-order valence-electron chi connectivity index (χ0n) is 6.97. The van der Waals surface area contributed by atoms with Gasteiger partial charge in [0.15, 0.2) is 12.4 Å². The molecule has 1 heterocycles. The van der Waals surface area contributed by atoms with E-state index in [2.05, 4.69) is 6.07 Å². The smallest absolute Gasteiger partial charge is 0.180 e. The first-order chi connectivity index (χ1) is 6.36. The van der Waals surface area contributed by atoms with Crippen molar-refractivity contribution in [3.8, 4) is 11.1 Å². The van der Waals surface area contributed by atoms with E-state index in [0.717, 1.165) is 15.9 Å². The number of benzene rings is 1. The van der Waals surface area contributed by atoms with Crippen molar-refractivity contribution in [2.75, 3.05) is 0 Å². The minimum atomic E-state index is 0.776. The lowest BCUT2D eigenvalue weighted by Gasteiger charge is -1.99. The van der Waals surface area contributed by atoms with Gasteiger partial charge < -0.3 is 5.21 Å². The van der Waals surface area contributed by atoms with Crippen LogP contribution in [0, 0.1) is 11.3 Å². The lowest BCUT2D eigenvalue weighted by molar-refractivity contribution is -0.605. The SMILES string of the molecule is [O-][n+]1ccc(-c2cc[c]cc2)cc1. The number of hydrogen-bond acceptors (Lipinski definition) is 1. The van der Waals surface area contributed by atoms with Gasteiger partial charge >= 0.3 is 0 Å². The molecule has 2 heteroatoms. The van der Waals surface area contributed by atoms with Crippen molar-refractivity contribution in [3.05, 3.63) is 60.1 Å². The summed E-state index contributed by atoms with van der Waals surface area (Å²) in [6, 6.07) is 14.2. The molecule has 1 aromatic heterocycles. The van der Waals surface area contributed by atoms with E-state index in [1.54, 1.807) is 12.1 Å². The molecule has 0 bridgehead atoms. The van der Waals surface area contributed by atoms with Crippen LogP contribution in [0.5, 0.6) is 0 Å². The van der Waals surface area contributed by atoms with E-state index < -0.39 is 0 Å². The molecule has 2 aromatic rings. The fourth-order valence-corrected chi connectivity index (χ4v) is 1.18. The molecule has 0 aliphatic carbocycles. The van der Waals surface area contributed by atoms with E-state index in [-0.39, 0.29) is 0 Å². The Hall–Kier alpha value is -1.83. The molecule has 63 valence electrons. The molecule has 0 atom stereocenters. The second-order valence-electron chi connectivity index (χ2n) is 2.74. The summed E-state index contributed by atoms with van der Waals surface area (Å²) in [5.74, 6) is 0. The Morgan fingerprint density at radius 3 is 2.08 bits per heavy atom. The molecule has 0 aliphatic heterocycles. The van der Waals surface area contributed by atoms with Crippen LogP contribution in [-0.4, -0.2) is 0 Å². The number of pyridine rings is 1. The van der Waals surface area contributed by atoms with Crippen LogP contribution in [0.25, 0.3) is 11.1 Å². The van der Waals surface area contributed by atoms with Crippen LogP contribution in [0.1, 0.15) is 0 Å². The summed E-state index contributed by atoms with van der Waals surface area (Å²) < 4.78 is 0.776. The molecule has 0 unspecified atom stereocenters. The van der Waals surface area contributed by atoms with Gasteiger partial charge in [0.1, 0.15) is 0 Å². The second kappa shape index (κ2) is 3.27. The van der Waals surface area contributed by atoms with Gasteiger partial charge in [0.25, 0.3) is 0 Å². The van der Waals surface area contributed by atoms with Crippen molar-refractivity contribution in [1.82, 2.24) is 0 Å².